The molecule has 0 aliphatic rings. The zero-order valence-corrected chi connectivity index (χ0v) is 11.4. The van der Waals surface area contributed by atoms with E-state index >= 15 is 0 Å². The standard InChI is InChI=1S/C14H8ClN5O/c15-12-6-8(3-4-16-12)13-10-5-9(14-20-17-7-21-14)1-2-11(10)18-19-13/h1-7H,(H,18,19). The summed E-state index contributed by atoms with van der Waals surface area (Å²) in [5, 5.41) is 16.3. The molecular weight excluding hydrogens is 290 g/mol. The van der Waals surface area contributed by atoms with E-state index in [1.165, 1.54) is 6.39 Å². The molecule has 0 saturated carbocycles. The highest BCUT2D eigenvalue weighted by atomic mass is 35.5. The lowest BCUT2D eigenvalue weighted by Gasteiger charge is -1.99. The van der Waals surface area contributed by atoms with Crippen LogP contribution in [0.2, 0.25) is 5.15 Å². The molecule has 0 radical (unpaired) electrons. The van der Waals surface area contributed by atoms with Crippen LogP contribution in [0.5, 0.6) is 0 Å². The molecular formula is C14H8ClN5O. The lowest BCUT2D eigenvalue weighted by atomic mass is 10.1. The van der Waals surface area contributed by atoms with Crippen molar-refractivity contribution in [3.8, 4) is 22.7 Å². The number of pyridine rings is 1. The van der Waals surface area contributed by atoms with Crippen LogP contribution in [0.1, 0.15) is 0 Å². The fourth-order valence-corrected chi connectivity index (χ4v) is 2.39. The summed E-state index contributed by atoms with van der Waals surface area (Å²) >= 11 is 5.94. The minimum atomic E-state index is 0.428. The molecule has 1 N–H and O–H groups in total. The largest absolute Gasteiger partial charge is 0.423 e. The van der Waals surface area contributed by atoms with Gasteiger partial charge in [-0.25, -0.2) is 4.98 Å². The Hall–Kier alpha value is -2.73. The van der Waals surface area contributed by atoms with Crippen LogP contribution in [0, 0.1) is 0 Å². The quantitative estimate of drug-likeness (QED) is 0.574. The molecule has 4 rings (SSSR count). The van der Waals surface area contributed by atoms with Gasteiger partial charge in [0.05, 0.1) is 5.52 Å². The van der Waals surface area contributed by atoms with Crippen LogP contribution >= 0.6 is 11.6 Å². The summed E-state index contributed by atoms with van der Waals surface area (Å²) in [5.74, 6) is 0.469. The molecule has 0 saturated heterocycles. The van der Waals surface area contributed by atoms with Crippen LogP contribution in [0.15, 0.2) is 47.3 Å². The van der Waals surface area contributed by atoms with E-state index in [2.05, 4.69) is 25.4 Å². The maximum Gasteiger partial charge on any atom is 0.247 e. The third-order valence-corrected chi connectivity index (χ3v) is 3.38. The summed E-state index contributed by atoms with van der Waals surface area (Å²) in [6.45, 7) is 0. The number of halogens is 1. The molecule has 0 unspecified atom stereocenters. The van der Waals surface area contributed by atoms with Gasteiger partial charge >= 0.3 is 0 Å². The molecule has 0 aliphatic carbocycles. The molecule has 0 bridgehead atoms. The summed E-state index contributed by atoms with van der Waals surface area (Å²) < 4.78 is 5.23. The Morgan fingerprint density at radius 2 is 2.05 bits per heavy atom. The molecule has 0 fully saturated rings. The van der Waals surface area contributed by atoms with Gasteiger partial charge in [-0.2, -0.15) is 5.10 Å². The van der Waals surface area contributed by atoms with E-state index < -0.39 is 0 Å². The number of nitrogens with one attached hydrogen (secondary N) is 1. The van der Waals surface area contributed by atoms with Crippen LogP contribution in [-0.2, 0) is 0 Å². The van der Waals surface area contributed by atoms with Gasteiger partial charge in [-0.3, -0.25) is 5.10 Å². The minimum absolute atomic E-state index is 0.428. The van der Waals surface area contributed by atoms with Gasteiger partial charge in [0.15, 0.2) is 0 Å². The zero-order chi connectivity index (χ0) is 14.2. The molecule has 0 spiro atoms. The van der Waals surface area contributed by atoms with Gasteiger partial charge in [0.1, 0.15) is 10.8 Å². The second kappa shape index (κ2) is 4.68. The molecule has 0 atom stereocenters. The highest BCUT2D eigenvalue weighted by Gasteiger charge is 2.12. The maximum atomic E-state index is 5.94. The monoisotopic (exact) mass is 297 g/mol. The summed E-state index contributed by atoms with van der Waals surface area (Å²) in [6, 6.07) is 9.42. The number of aromatic amines is 1. The van der Waals surface area contributed by atoms with Crippen LogP contribution < -0.4 is 0 Å². The SMILES string of the molecule is Clc1cc(-c2n[nH]c3ccc(-c4nnco4)cc23)ccn1. The molecule has 6 nitrogen and oxygen atoms in total. The minimum Gasteiger partial charge on any atom is -0.423 e. The Bertz CT molecular complexity index is 916. The normalized spacial score (nSPS) is 11.1. The van der Waals surface area contributed by atoms with Gasteiger partial charge in [-0.05, 0) is 30.3 Å². The van der Waals surface area contributed by atoms with Gasteiger partial charge in [-0.1, -0.05) is 11.6 Å². The first-order valence-electron chi connectivity index (χ1n) is 6.18. The number of fused-ring (bicyclic) bond motifs is 1. The first-order valence-corrected chi connectivity index (χ1v) is 6.55. The Labute approximate surface area is 123 Å². The van der Waals surface area contributed by atoms with Gasteiger partial charge in [0.25, 0.3) is 0 Å². The van der Waals surface area contributed by atoms with Crippen molar-refractivity contribution in [2.75, 3.05) is 0 Å². The van der Waals surface area contributed by atoms with Crippen molar-refractivity contribution in [3.63, 3.8) is 0 Å². The zero-order valence-electron chi connectivity index (χ0n) is 10.6. The van der Waals surface area contributed by atoms with Crippen LogP contribution in [0.4, 0.5) is 0 Å². The van der Waals surface area contributed by atoms with E-state index in [4.69, 9.17) is 16.0 Å². The average molecular weight is 298 g/mol. The lowest BCUT2D eigenvalue weighted by molar-refractivity contribution is 0.569. The molecule has 0 aliphatic heterocycles. The van der Waals surface area contributed by atoms with Crippen molar-refractivity contribution < 1.29 is 4.42 Å². The lowest BCUT2D eigenvalue weighted by Crippen LogP contribution is -1.82. The predicted octanol–water partition coefficient (Wildman–Crippen LogP) is 3.33. The van der Waals surface area contributed by atoms with E-state index in [0.717, 1.165) is 27.7 Å². The molecule has 7 heteroatoms. The molecule has 21 heavy (non-hydrogen) atoms. The first-order chi connectivity index (χ1) is 10.3. The van der Waals surface area contributed by atoms with Crippen molar-refractivity contribution in [1.29, 1.82) is 0 Å². The van der Waals surface area contributed by atoms with E-state index in [1.807, 2.05) is 24.3 Å². The van der Waals surface area contributed by atoms with Crippen molar-refractivity contribution in [1.82, 2.24) is 25.4 Å². The second-order valence-electron chi connectivity index (χ2n) is 4.44. The van der Waals surface area contributed by atoms with E-state index in [0.29, 0.717) is 11.0 Å². The summed E-state index contributed by atoms with van der Waals surface area (Å²) in [7, 11) is 0. The number of nitrogens with zero attached hydrogens (tertiary/aromatic N) is 4. The molecule has 0 amide bonds. The molecule has 102 valence electrons. The highest BCUT2D eigenvalue weighted by Crippen LogP contribution is 2.30. The number of hydrogen-bond acceptors (Lipinski definition) is 5. The Morgan fingerprint density at radius 1 is 1.10 bits per heavy atom. The van der Waals surface area contributed by atoms with Crippen LogP contribution in [0.3, 0.4) is 0 Å². The number of hydrogen-bond donors (Lipinski definition) is 1. The van der Waals surface area contributed by atoms with Gasteiger partial charge in [0.2, 0.25) is 12.3 Å². The summed E-state index contributed by atoms with van der Waals surface area (Å²) in [4.78, 5) is 3.98. The number of H-pyrrole nitrogens is 1. The van der Waals surface area contributed by atoms with E-state index in [1.54, 1.807) is 12.3 Å². The van der Waals surface area contributed by atoms with Crippen LogP contribution in [-0.4, -0.2) is 25.4 Å². The van der Waals surface area contributed by atoms with E-state index in [-0.39, 0.29) is 0 Å². The fourth-order valence-electron chi connectivity index (χ4n) is 2.22. The van der Waals surface area contributed by atoms with Gasteiger partial charge in [0, 0.05) is 22.7 Å². The Morgan fingerprint density at radius 3 is 2.86 bits per heavy atom. The smallest absolute Gasteiger partial charge is 0.247 e. The number of benzene rings is 1. The summed E-state index contributed by atoms with van der Waals surface area (Å²) in [5.41, 5.74) is 3.45. The van der Waals surface area contributed by atoms with Gasteiger partial charge < -0.3 is 4.42 Å². The summed E-state index contributed by atoms with van der Waals surface area (Å²) in [6.07, 6.45) is 2.96. The predicted molar refractivity (Wildman–Crippen MR) is 77.6 cm³/mol. The Kier molecular flexibility index (Phi) is 2.68. The number of rotatable bonds is 2. The van der Waals surface area contributed by atoms with Crippen molar-refractivity contribution >= 4 is 22.5 Å². The fraction of sp³-hybridized carbons (Fsp3) is 0. The maximum absolute atomic E-state index is 5.94. The first kappa shape index (κ1) is 12.0. The topological polar surface area (TPSA) is 80.5 Å². The molecule has 4 aromatic rings. The highest BCUT2D eigenvalue weighted by molar-refractivity contribution is 6.29. The van der Waals surface area contributed by atoms with Crippen molar-refractivity contribution in [2.45, 2.75) is 0 Å². The third kappa shape index (κ3) is 2.05. The Balaban J connectivity index is 1.92. The molecule has 3 heterocycles. The second-order valence-corrected chi connectivity index (χ2v) is 4.83. The van der Waals surface area contributed by atoms with E-state index in [9.17, 15) is 0 Å². The molecule has 3 aromatic heterocycles. The third-order valence-electron chi connectivity index (χ3n) is 3.17. The van der Waals surface area contributed by atoms with Gasteiger partial charge in [-0.15, -0.1) is 10.2 Å². The average Bonchev–Trinajstić information content (AvgIpc) is 3.16. The molecule has 1 aromatic carbocycles. The van der Waals surface area contributed by atoms with Crippen molar-refractivity contribution in [2.24, 2.45) is 0 Å². The van der Waals surface area contributed by atoms with Crippen molar-refractivity contribution in [3.05, 3.63) is 48.1 Å². The van der Waals surface area contributed by atoms with Crippen LogP contribution in [0.25, 0.3) is 33.6 Å². The number of aromatic nitrogens is 5.